The molecule has 1 radical (unpaired) electrons. The molecule has 0 atom stereocenters. The van der Waals surface area contributed by atoms with Crippen molar-refractivity contribution in [3.8, 4) is 0 Å². The largest absolute Gasteiger partial charge is 0.315 e. The Balaban J connectivity index is 2.92. The first-order chi connectivity index (χ1) is 6.69. The van der Waals surface area contributed by atoms with Crippen molar-refractivity contribution in [1.82, 2.24) is 0 Å². The van der Waals surface area contributed by atoms with Crippen LogP contribution in [0.1, 0.15) is 17.3 Å². The average Bonchev–Trinajstić information content (AvgIpc) is 2.20. The molecule has 0 heterocycles. The summed E-state index contributed by atoms with van der Waals surface area (Å²) < 4.78 is 0. The molecule has 0 N–H and O–H groups in total. The van der Waals surface area contributed by atoms with Crippen molar-refractivity contribution >= 4 is 17.9 Å². The first kappa shape index (κ1) is 10.4. The van der Waals surface area contributed by atoms with E-state index in [1.54, 1.807) is 24.3 Å². The number of benzene rings is 1. The van der Waals surface area contributed by atoms with E-state index < -0.39 is 0 Å². The van der Waals surface area contributed by atoms with Gasteiger partial charge >= 0.3 is 0 Å². The Morgan fingerprint density at radius 1 is 1.43 bits per heavy atom. The SMILES string of the molecule is [CH2]CN(C=O)c1ccc(C(C)=O)cc1. The minimum Gasteiger partial charge on any atom is -0.315 e. The molecule has 1 aromatic rings. The molecular formula is C11H12NO2. The highest BCUT2D eigenvalue weighted by atomic mass is 16.1. The Morgan fingerprint density at radius 2 is 2.00 bits per heavy atom. The standard InChI is InChI=1S/C11H12NO2/c1-3-12(8-13)11-6-4-10(5-7-11)9(2)14/h4-8H,1,3H2,2H3. The minimum atomic E-state index is 0.0174. The fourth-order valence-corrected chi connectivity index (χ4v) is 1.13. The van der Waals surface area contributed by atoms with Crippen molar-refractivity contribution in [3.05, 3.63) is 36.8 Å². The third-order valence-corrected chi connectivity index (χ3v) is 1.97. The summed E-state index contributed by atoms with van der Waals surface area (Å²) in [5.41, 5.74) is 1.39. The Labute approximate surface area is 83.3 Å². The smallest absolute Gasteiger partial charge is 0.214 e. The van der Waals surface area contributed by atoms with Gasteiger partial charge in [0.05, 0.1) is 0 Å². The topological polar surface area (TPSA) is 37.4 Å². The Hall–Kier alpha value is -1.64. The van der Waals surface area contributed by atoms with E-state index in [4.69, 9.17) is 0 Å². The van der Waals surface area contributed by atoms with Crippen molar-refractivity contribution in [2.75, 3.05) is 11.4 Å². The van der Waals surface area contributed by atoms with E-state index in [-0.39, 0.29) is 5.78 Å². The van der Waals surface area contributed by atoms with Crippen molar-refractivity contribution in [2.24, 2.45) is 0 Å². The number of rotatable bonds is 4. The van der Waals surface area contributed by atoms with Crippen LogP contribution in [0.4, 0.5) is 5.69 Å². The van der Waals surface area contributed by atoms with E-state index in [0.29, 0.717) is 12.1 Å². The fourth-order valence-electron chi connectivity index (χ4n) is 1.13. The lowest BCUT2D eigenvalue weighted by Crippen LogP contribution is -2.20. The summed E-state index contributed by atoms with van der Waals surface area (Å²) in [6.45, 7) is 5.50. The summed E-state index contributed by atoms with van der Waals surface area (Å²) in [5.74, 6) is 0.0174. The lowest BCUT2D eigenvalue weighted by atomic mass is 10.1. The molecule has 1 aromatic carbocycles. The van der Waals surface area contributed by atoms with Crippen LogP contribution in [0.25, 0.3) is 0 Å². The number of carbonyl (C=O) groups excluding carboxylic acids is 2. The van der Waals surface area contributed by atoms with Gasteiger partial charge in [-0.05, 0) is 38.1 Å². The van der Waals surface area contributed by atoms with E-state index in [9.17, 15) is 9.59 Å². The number of Topliss-reactive ketones (excluding diaryl/α,β-unsaturated/α-hetero) is 1. The Kier molecular flexibility index (Phi) is 3.40. The van der Waals surface area contributed by atoms with Gasteiger partial charge in [0.1, 0.15) is 0 Å². The van der Waals surface area contributed by atoms with E-state index >= 15 is 0 Å². The molecule has 0 unspecified atom stereocenters. The second-order valence-electron chi connectivity index (χ2n) is 2.90. The number of hydrogen-bond acceptors (Lipinski definition) is 2. The number of hydrogen-bond donors (Lipinski definition) is 0. The van der Waals surface area contributed by atoms with Crippen LogP contribution in [0.15, 0.2) is 24.3 Å². The monoisotopic (exact) mass is 190 g/mol. The maximum Gasteiger partial charge on any atom is 0.214 e. The summed E-state index contributed by atoms with van der Waals surface area (Å²) in [4.78, 5) is 23.0. The summed E-state index contributed by atoms with van der Waals surface area (Å²) >= 11 is 0. The van der Waals surface area contributed by atoms with Gasteiger partial charge < -0.3 is 4.90 Å². The summed E-state index contributed by atoms with van der Waals surface area (Å²) in [5, 5.41) is 0. The number of ketones is 1. The summed E-state index contributed by atoms with van der Waals surface area (Å²) in [7, 11) is 0. The van der Waals surface area contributed by atoms with Gasteiger partial charge in [0, 0.05) is 17.8 Å². The molecule has 0 fully saturated rings. The zero-order valence-electron chi connectivity index (χ0n) is 8.06. The molecule has 3 heteroatoms. The molecule has 1 rings (SSSR count). The molecule has 0 aromatic heterocycles. The zero-order valence-corrected chi connectivity index (χ0v) is 8.06. The molecule has 1 amide bonds. The van der Waals surface area contributed by atoms with Gasteiger partial charge in [-0.2, -0.15) is 0 Å². The molecule has 0 aliphatic heterocycles. The minimum absolute atomic E-state index is 0.0174. The first-order valence-corrected chi connectivity index (χ1v) is 4.31. The Bertz CT molecular complexity index is 330. The highest BCUT2D eigenvalue weighted by Crippen LogP contribution is 2.13. The molecule has 0 aliphatic rings. The van der Waals surface area contributed by atoms with E-state index in [1.165, 1.54) is 11.8 Å². The van der Waals surface area contributed by atoms with Gasteiger partial charge in [0.15, 0.2) is 5.78 Å². The van der Waals surface area contributed by atoms with Crippen molar-refractivity contribution in [3.63, 3.8) is 0 Å². The number of nitrogens with zero attached hydrogens (tertiary/aromatic N) is 1. The second-order valence-corrected chi connectivity index (χ2v) is 2.90. The third kappa shape index (κ3) is 2.19. The Morgan fingerprint density at radius 3 is 2.36 bits per heavy atom. The molecule has 3 nitrogen and oxygen atoms in total. The van der Waals surface area contributed by atoms with Crippen LogP contribution in [-0.2, 0) is 4.79 Å². The summed E-state index contributed by atoms with van der Waals surface area (Å²) in [6, 6.07) is 6.86. The van der Waals surface area contributed by atoms with E-state index in [0.717, 1.165) is 12.1 Å². The fraction of sp³-hybridized carbons (Fsp3) is 0.182. The van der Waals surface area contributed by atoms with Crippen LogP contribution in [0.3, 0.4) is 0 Å². The van der Waals surface area contributed by atoms with Gasteiger partial charge in [-0.3, -0.25) is 9.59 Å². The second kappa shape index (κ2) is 4.56. The van der Waals surface area contributed by atoms with Crippen LogP contribution >= 0.6 is 0 Å². The predicted octanol–water partition coefficient (Wildman–Crippen LogP) is 1.69. The first-order valence-electron chi connectivity index (χ1n) is 4.31. The molecule has 0 saturated carbocycles. The zero-order chi connectivity index (χ0) is 10.6. The van der Waals surface area contributed by atoms with Gasteiger partial charge in [0.2, 0.25) is 6.41 Å². The van der Waals surface area contributed by atoms with Crippen molar-refractivity contribution in [2.45, 2.75) is 6.92 Å². The lowest BCUT2D eigenvalue weighted by molar-refractivity contribution is -0.107. The van der Waals surface area contributed by atoms with Crippen LogP contribution in [0.2, 0.25) is 0 Å². The normalized spacial score (nSPS) is 9.57. The van der Waals surface area contributed by atoms with Crippen LogP contribution < -0.4 is 4.90 Å². The average molecular weight is 190 g/mol. The lowest BCUT2D eigenvalue weighted by Gasteiger charge is -2.14. The summed E-state index contributed by atoms with van der Waals surface area (Å²) in [6.07, 6.45) is 0.718. The molecule has 0 bridgehead atoms. The molecule has 0 aliphatic carbocycles. The molecular weight excluding hydrogens is 178 g/mol. The van der Waals surface area contributed by atoms with Crippen molar-refractivity contribution in [1.29, 1.82) is 0 Å². The molecule has 73 valence electrons. The molecule has 14 heavy (non-hydrogen) atoms. The van der Waals surface area contributed by atoms with Crippen LogP contribution in [0, 0.1) is 6.92 Å². The third-order valence-electron chi connectivity index (χ3n) is 1.97. The van der Waals surface area contributed by atoms with Crippen LogP contribution in [0.5, 0.6) is 0 Å². The highest BCUT2D eigenvalue weighted by Gasteiger charge is 2.03. The van der Waals surface area contributed by atoms with Gasteiger partial charge in [0.25, 0.3) is 0 Å². The van der Waals surface area contributed by atoms with Crippen LogP contribution in [-0.4, -0.2) is 18.7 Å². The van der Waals surface area contributed by atoms with Gasteiger partial charge in [-0.1, -0.05) is 0 Å². The molecule has 0 saturated heterocycles. The van der Waals surface area contributed by atoms with Crippen molar-refractivity contribution < 1.29 is 9.59 Å². The highest BCUT2D eigenvalue weighted by molar-refractivity contribution is 5.94. The number of anilines is 1. The maximum absolute atomic E-state index is 11.0. The maximum atomic E-state index is 11.0. The quantitative estimate of drug-likeness (QED) is 0.535. The van der Waals surface area contributed by atoms with Gasteiger partial charge in [-0.25, -0.2) is 0 Å². The van der Waals surface area contributed by atoms with Gasteiger partial charge in [-0.15, -0.1) is 0 Å². The number of carbonyl (C=O) groups is 2. The van der Waals surface area contributed by atoms with E-state index in [1.807, 2.05) is 0 Å². The molecule has 0 spiro atoms. The van der Waals surface area contributed by atoms with E-state index in [2.05, 4.69) is 6.92 Å². The predicted molar refractivity (Wildman–Crippen MR) is 55.2 cm³/mol. The number of amides is 1.